The van der Waals surface area contributed by atoms with Crippen molar-refractivity contribution < 1.29 is 19.4 Å². The van der Waals surface area contributed by atoms with Gasteiger partial charge in [-0.3, -0.25) is 9.59 Å². The third-order valence-corrected chi connectivity index (χ3v) is 13.3. The van der Waals surface area contributed by atoms with Crippen LogP contribution in [-0.2, 0) is 14.3 Å². The fourth-order valence-electron chi connectivity index (χ4n) is 9.51. The van der Waals surface area contributed by atoms with E-state index in [1.807, 2.05) is 0 Å². The van der Waals surface area contributed by atoms with Crippen LogP contribution in [0.5, 0.6) is 0 Å². The molecule has 0 aromatic heterocycles. The predicted octanol–water partition coefficient (Wildman–Crippen LogP) is 13.3. The van der Waals surface area contributed by atoms with Crippen molar-refractivity contribution in [3.63, 3.8) is 0 Å². The van der Waals surface area contributed by atoms with Crippen molar-refractivity contribution >= 4 is 11.8 Å². The van der Waals surface area contributed by atoms with Gasteiger partial charge in [0.05, 0.1) is 12.5 Å². The molecule has 1 aliphatic heterocycles. The van der Waals surface area contributed by atoms with Crippen molar-refractivity contribution in [1.82, 2.24) is 4.90 Å². The maximum Gasteiger partial charge on any atom is 0.308 e. The van der Waals surface area contributed by atoms with Gasteiger partial charge in [0.2, 0.25) is 0 Å². The molecule has 1 heterocycles. The van der Waals surface area contributed by atoms with Crippen molar-refractivity contribution in [2.45, 2.75) is 227 Å². The van der Waals surface area contributed by atoms with E-state index in [1.54, 1.807) is 0 Å². The first-order valence-corrected chi connectivity index (χ1v) is 24.0. The zero-order chi connectivity index (χ0) is 38.4. The largest absolute Gasteiger partial charge is 0.465 e. The van der Waals surface area contributed by atoms with E-state index in [2.05, 4.69) is 32.6 Å². The van der Waals surface area contributed by atoms with Crippen molar-refractivity contribution in [2.75, 3.05) is 32.8 Å². The summed E-state index contributed by atoms with van der Waals surface area (Å²) in [5.74, 6) is 2.85. The number of nitrogens with zero attached hydrogens (tertiary/aromatic N) is 1. The van der Waals surface area contributed by atoms with E-state index in [4.69, 9.17) is 4.74 Å². The fraction of sp³-hybridized carbons (Fsp3) is 0.958. The normalized spacial score (nSPS) is 18.8. The van der Waals surface area contributed by atoms with Gasteiger partial charge in [-0.2, -0.15) is 0 Å². The second-order valence-electron chi connectivity index (χ2n) is 17.9. The molecule has 312 valence electrons. The number of rotatable bonds is 36. The van der Waals surface area contributed by atoms with Crippen LogP contribution in [0.4, 0.5) is 0 Å². The lowest BCUT2D eigenvalue weighted by Gasteiger charge is -2.41. The molecule has 5 nitrogen and oxygen atoms in total. The Morgan fingerprint density at radius 3 is 1.51 bits per heavy atom. The van der Waals surface area contributed by atoms with Crippen molar-refractivity contribution in [3.8, 4) is 0 Å². The SMILES string of the molecule is CCCCCCCC(CCCCCCC)C(=O)OCC(CC1CC(C(=O)C(CCCCCCC)CCCCCCC)C1)C1CCN(CCCCO)CC1. The van der Waals surface area contributed by atoms with Crippen LogP contribution in [-0.4, -0.2) is 54.6 Å². The van der Waals surface area contributed by atoms with Gasteiger partial charge in [-0.1, -0.05) is 156 Å². The number of aliphatic hydroxyl groups is 1. The summed E-state index contributed by atoms with van der Waals surface area (Å²) < 4.78 is 6.36. The van der Waals surface area contributed by atoms with Gasteiger partial charge < -0.3 is 14.7 Å². The molecular formula is C48H91NO4. The number of hydrogen-bond acceptors (Lipinski definition) is 5. The first kappa shape index (κ1) is 48.2. The Hall–Kier alpha value is -0.940. The molecule has 5 heteroatoms. The molecule has 0 radical (unpaired) electrons. The van der Waals surface area contributed by atoms with Crippen molar-refractivity contribution in [2.24, 2.45) is 35.5 Å². The van der Waals surface area contributed by atoms with E-state index in [0.29, 0.717) is 30.1 Å². The molecule has 0 bridgehead atoms. The second kappa shape index (κ2) is 32.2. The molecule has 2 fully saturated rings. The van der Waals surface area contributed by atoms with Crippen LogP contribution in [0.3, 0.4) is 0 Å². The molecule has 1 aliphatic carbocycles. The maximum atomic E-state index is 13.9. The molecule has 1 atom stereocenters. The van der Waals surface area contributed by atoms with Crippen molar-refractivity contribution in [1.29, 1.82) is 0 Å². The van der Waals surface area contributed by atoms with E-state index in [1.165, 1.54) is 128 Å². The fourth-order valence-corrected chi connectivity index (χ4v) is 9.51. The molecule has 0 spiro atoms. The predicted molar refractivity (Wildman–Crippen MR) is 226 cm³/mol. The maximum absolute atomic E-state index is 13.9. The Morgan fingerprint density at radius 1 is 0.604 bits per heavy atom. The minimum atomic E-state index is 0.0545. The Balaban J connectivity index is 2.00. The first-order valence-electron chi connectivity index (χ1n) is 24.0. The van der Waals surface area contributed by atoms with Gasteiger partial charge in [0.25, 0.3) is 0 Å². The Kier molecular flexibility index (Phi) is 29.3. The number of unbranched alkanes of at least 4 members (excludes halogenated alkanes) is 17. The molecule has 2 aliphatic rings. The second-order valence-corrected chi connectivity index (χ2v) is 17.9. The van der Waals surface area contributed by atoms with Crippen LogP contribution >= 0.6 is 0 Å². The van der Waals surface area contributed by atoms with E-state index in [9.17, 15) is 14.7 Å². The van der Waals surface area contributed by atoms with Crippen LogP contribution in [0.15, 0.2) is 0 Å². The standard InChI is InChI=1S/C48H91NO4/c1-5-9-13-17-21-27-43(28-22-18-14-10-6-2)47(51)45-37-41(38-45)39-46(42-31-34-49(35-32-42)33-25-26-36-50)40-53-48(52)44(29-23-19-15-11-7-3)30-24-20-16-12-8-4/h41-46,50H,5-40H2,1-4H3. The highest BCUT2D eigenvalue weighted by molar-refractivity contribution is 5.84. The number of piperidine rings is 1. The number of ketones is 1. The van der Waals surface area contributed by atoms with Crippen LogP contribution in [0.1, 0.15) is 227 Å². The molecular weight excluding hydrogens is 655 g/mol. The smallest absolute Gasteiger partial charge is 0.308 e. The van der Waals surface area contributed by atoms with Gasteiger partial charge in [-0.05, 0) is 108 Å². The summed E-state index contributed by atoms with van der Waals surface area (Å²) >= 11 is 0. The van der Waals surface area contributed by atoms with Crippen LogP contribution in [0.2, 0.25) is 0 Å². The molecule has 2 rings (SSSR count). The van der Waals surface area contributed by atoms with E-state index < -0.39 is 0 Å². The molecule has 0 amide bonds. The number of ether oxygens (including phenoxy) is 1. The highest BCUT2D eigenvalue weighted by atomic mass is 16.5. The number of carbonyl (C=O) groups is 2. The molecule has 1 saturated heterocycles. The van der Waals surface area contributed by atoms with Gasteiger partial charge in [0.15, 0.2) is 0 Å². The van der Waals surface area contributed by atoms with Crippen LogP contribution in [0.25, 0.3) is 0 Å². The van der Waals surface area contributed by atoms with Gasteiger partial charge in [-0.25, -0.2) is 0 Å². The number of hydrogen-bond donors (Lipinski definition) is 1. The number of likely N-dealkylation sites (tertiary alicyclic amines) is 1. The molecule has 53 heavy (non-hydrogen) atoms. The summed E-state index contributed by atoms with van der Waals surface area (Å²) in [4.78, 5) is 30.3. The summed E-state index contributed by atoms with van der Waals surface area (Å²) in [6.07, 6.45) is 36.9. The highest BCUT2D eigenvalue weighted by Crippen LogP contribution is 2.43. The van der Waals surface area contributed by atoms with Gasteiger partial charge in [0.1, 0.15) is 5.78 Å². The summed E-state index contributed by atoms with van der Waals surface area (Å²) in [5.41, 5.74) is 0. The minimum Gasteiger partial charge on any atom is -0.465 e. The lowest BCUT2D eigenvalue weighted by atomic mass is 9.65. The third kappa shape index (κ3) is 21.8. The van der Waals surface area contributed by atoms with Crippen molar-refractivity contribution in [3.05, 3.63) is 0 Å². The van der Waals surface area contributed by atoms with Gasteiger partial charge in [-0.15, -0.1) is 0 Å². The van der Waals surface area contributed by atoms with E-state index >= 15 is 0 Å². The quantitative estimate of drug-likeness (QED) is 0.0511. The lowest BCUT2D eigenvalue weighted by molar-refractivity contribution is -0.151. The molecule has 0 aromatic carbocycles. The van der Waals surface area contributed by atoms with E-state index in [-0.39, 0.29) is 30.3 Å². The summed E-state index contributed by atoms with van der Waals surface area (Å²) in [6.45, 7) is 13.2. The minimum absolute atomic E-state index is 0.0545. The van der Waals surface area contributed by atoms with E-state index in [0.717, 1.165) is 90.3 Å². The number of aliphatic hydroxyl groups excluding tert-OH is 1. The average molecular weight is 746 g/mol. The van der Waals surface area contributed by atoms with Crippen LogP contribution in [0, 0.1) is 35.5 Å². The summed E-state index contributed by atoms with van der Waals surface area (Å²) in [5, 5.41) is 9.27. The Morgan fingerprint density at radius 2 is 1.06 bits per heavy atom. The zero-order valence-electron chi connectivity index (χ0n) is 36.0. The average Bonchev–Trinajstić information content (AvgIpc) is 3.15. The molecule has 1 saturated carbocycles. The Bertz CT molecular complexity index is 836. The van der Waals surface area contributed by atoms with Gasteiger partial charge in [0, 0.05) is 18.4 Å². The summed E-state index contributed by atoms with van der Waals surface area (Å²) in [6, 6.07) is 0. The van der Waals surface area contributed by atoms with Gasteiger partial charge >= 0.3 is 5.97 Å². The number of Topliss-reactive ketones (excluding diaryl/α,β-unsaturated/α-hetero) is 1. The first-order chi connectivity index (χ1) is 26.0. The highest BCUT2D eigenvalue weighted by Gasteiger charge is 2.40. The molecule has 1 N–H and O–H groups in total. The van der Waals surface area contributed by atoms with Crippen LogP contribution < -0.4 is 0 Å². The monoisotopic (exact) mass is 746 g/mol. The Labute approximate surface area is 330 Å². The molecule has 0 aromatic rings. The number of esters is 1. The molecule has 1 unspecified atom stereocenters. The third-order valence-electron chi connectivity index (χ3n) is 13.3. The zero-order valence-corrected chi connectivity index (χ0v) is 36.0. The lowest BCUT2D eigenvalue weighted by Crippen LogP contribution is -2.40. The summed E-state index contributed by atoms with van der Waals surface area (Å²) in [7, 11) is 0. The topological polar surface area (TPSA) is 66.8 Å². The number of carbonyl (C=O) groups excluding carboxylic acids is 2.